The van der Waals surface area contributed by atoms with Crippen LogP contribution in [0.3, 0.4) is 0 Å². The zero-order valence-electron chi connectivity index (χ0n) is 9.45. The lowest BCUT2D eigenvalue weighted by Gasteiger charge is -2.10. The molecule has 1 rings (SSSR count). The minimum absolute atomic E-state index is 0.593. The second-order valence-electron chi connectivity index (χ2n) is 3.86. The summed E-state index contributed by atoms with van der Waals surface area (Å²) in [5.41, 5.74) is 0.655. The van der Waals surface area contributed by atoms with Crippen molar-refractivity contribution in [2.75, 3.05) is 12.5 Å². The first-order valence-corrected chi connectivity index (χ1v) is 5.98. The molecule has 0 fully saturated rings. The van der Waals surface area contributed by atoms with Crippen molar-refractivity contribution in [1.82, 2.24) is 0 Å². The standard InChI is InChI=1S/C13H16ClNO/c1-11(6-8-14)7-9-16-13-4-2-12(10-15)3-5-13/h2-5,11H,6-9H2,1H3. The van der Waals surface area contributed by atoms with Gasteiger partial charge in [-0.2, -0.15) is 5.26 Å². The average Bonchev–Trinajstić information content (AvgIpc) is 2.30. The molecule has 0 N–H and O–H groups in total. The highest BCUT2D eigenvalue weighted by Gasteiger charge is 2.01. The monoisotopic (exact) mass is 237 g/mol. The van der Waals surface area contributed by atoms with Gasteiger partial charge in [0.2, 0.25) is 0 Å². The van der Waals surface area contributed by atoms with Gasteiger partial charge in [-0.1, -0.05) is 6.92 Å². The van der Waals surface area contributed by atoms with E-state index >= 15 is 0 Å². The van der Waals surface area contributed by atoms with Crippen LogP contribution in [0.25, 0.3) is 0 Å². The third-order valence-electron chi connectivity index (χ3n) is 2.46. The van der Waals surface area contributed by atoms with Gasteiger partial charge in [-0.15, -0.1) is 11.6 Å². The van der Waals surface area contributed by atoms with Crippen molar-refractivity contribution >= 4 is 11.6 Å². The number of halogens is 1. The summed E-state index contributed by atoms with van der Waals surface area (Å²) in [6.45, 7) is 2.87. The van der Waals surface area contributed by atoms with E-state index in [1.807, 2.05) is 12.1 Å². The second-order valence-corrected chi connectivity index (χ2v) is 4.23. The van der Waals surface area contributed by atoms with Gasteiger partial charge in [0.05, 0.1) is 18.2 Å². The molecule has 0 aromatic heterocycles. The minimum Gasteiger partial charge on any atom is -0.494 e. The van der Waals surface area contributed by atoms with Gasteiger partial charge in [0.1, 0.15) is 5.75 Å². The smallest absolute Gasteiger partial charge is 0.119 e. The van der Waals surface area contributed by atoms with Crippen molar-refractivity contribution in [2.45, 2.75) is 19.8 Å². The Kier molecular flexibility index (Phi) is 5.74. The molecule has 0 heterocycles. The topological polar surface area (TPSA) is 33.0 Å². The maximum atomic E-state index is 8.63. The normalized spacial score (nSPS) is 11.8. The molecule has 86 valence electrons. The van der Waals surface area contributed by atoms with Crippen LogP contribution >= 0.6 is 11.6 Å². The van der Waals surface area contributed by atoms with Crippen LogP contribution in [-0.2, 0) is 0 Å². The van der Waals surface area contributed by atoms with E-state index in [-0.39, 0.29) is 0 Å². The quantitative estimate of drug-likeness (QED) is 0.709. The molecule has 3 heteroatoms. The van der Waals surface area contributed by atoms with Crippen LogP contribution in [0.5, 0.6) is 5.75 Å². The Labute approximate surface area is 102 Å². The van der Waals surface area contributed by atoms with Gasteiger partial charge < -0.3 is 4.74 Å². The number of rotatable bonds is 6. The van der Waals surface area contributed by atoms with E-state index in [0.717, 1.165) is 18.6 Å². The van der Waals surface area contributed by atoms with Gasteiger partial charge in [-0.3, -0.25) is 0 Å². The van der Waals surface area contributed by atoms with Gasteiger partial charge in [0, 0.05) is 5.88 Å². The van der Waals surface area contributed by atoms with E-state index in [1.54, 1.807) is 12.1 Å². The van der Waals surface area contributed by atoms with Crippen LogP contribution in [0.2, 0.25) is 0 Å². The first-order chi connectivity index (χ1) is 7.76. The molecule has 2 nitrogen and oxygen atoms in total. The Hall–Kier alpha value is -1.20. The Morgan fingerprint density at radius 1 is 1.31 bits per heavy atom. The predicted octanol–water partition coefficient (Wildman–Crippen LogP) is 3.59. The number of hydrogen-bond donors (Lipinski definition) is 0. The predicted molar refractivity (Wildman–Crippen MR) is 65.8 cm³/mol. The summed E-state index contributed by atoms with van der Waals surface area (Å²) < 4.78 is 5.57. The lowest BCUT2D eigenvalue weighted by Crippen LogP contribution is -2.04. The van der Waals surface area contributed by atoms with E-state index in [9.17, 15) is 0 Å². The number of alkyl halides is 1. The summed E-state index contributed by atoms with van der Waals surface area (Å²) in [6.07, 6.45) is 2.03. The van der Waals surface area contributed by atoms with Gasteiger partial charge in [-0.25, -0.2) is 0 Å². The van der Waals surface area contributed by atoms with E-state index in [1.165, 1.54) is 0 Å². The molecule has 0 aliphatic rings. The Morgan fingerprint density at radius 3 is 2.56 bits per heavy atom. The fourth-order valence-electron chi connectivity index (χ4n) is 1.33. The molecule has 0 aliphatic carbocycles. The molecule has 0 spiro atoms. The summed E-state index contributed by atoms with van der Waals surface area (Å²) in [5.74, 6) is 2.12. The summed E-state index contributed by atoms with van der Waals surface area (Å²) in [7, 11) is 0. The largest absolute Gasteiger partial charge is 0.494 e. The van der Waals surface area contributed by atoms with Crippen molar-refractivity contribution < 1.29 is 4.74 Å². The van der Waals surface area contributed by atoms with Crippen molar-refractivity contribution in [2.24, 2.45) is 5.92 Å². The fourth-order valence-corrected chi connectivity index (χ4v) is 1.71. The van der Waals surface area contributed by atoms with Crippen LogP contribution in [0.1, 0.15) is 25.3 Å². The molecule has 0 amide bonds. The molecule has 0 radical (unpaired) electrons. The first-order valence-electron chi connectivity index (χ1n) is 5.45. The lowest BCUT2D eigenvalue weighted by atomic mass is 10.1. The number of nitrogens with zero attached hydrogens (tertiary/aromatic N) is 1. The van der Waals surface area contributed by atoms with Gasteiger partial charge in [-0.05, 0) is 43.0 Å². The average molecular weight is 238 g/mol. The summed E-state index contributed by atoms with van der Waals surface area (Å²) in [4.78, 5) is 0. The third-order valence-corrected chi connectivity index (χ3v) is 2.68. The van der Waals surface area contributed by atoms with Crippen molar-refractivity contribution in [3.63, 3.8) is 0 Å². The highest BCUT2D eigenvalue weighted by Crippen LogP contribution is 2.14. The molecule has 1 atom stereocenters. The SMILES string of the molecule is CC(CCCl)CCOc1ccc(C#N)cc1. The van der Waals surface area contributed by atoms with Crippen molar-refractivity contribution in [3.8, 4) is 11.8 Å². The molecule has 16 heavy (non-hydrogen) atoms. The molecule has 0 bridgehead atoms. The highest BCUT2D eigenvalue weighted by atomic mass is 35.5. The number of hydrogen-bond acceptors (Lipinski definition) is 2. The third kappa shape index (κ3) is 4.55. The lowest BCUT2D eigenvalue weighted by molar-refractivity contribution is 0.282. The summed E-state index contributed by atoms with van der Waals surface area (Å²) >= 11 is 5.65. The molecule has 0 saturated carbocycles. The molecule has 1 aromatic carbocycles. The molecule has 0 saturated heterocycles. The Bertz CT molecular complexity index is 342. The van der Waals surface area contributed by atoms with Crippen LogP contribution in [0.4, 0.5) is 0 Å². The maximum absolute atomic E-state index is 8.63. The summed E-state index contributed by atoms with van der Waals surface area (Å²) in [5, 5.41) is 8.63. The van der Waals surface area contributed by atoms with E-state index in [0.29, 0.717) is 24.0 Å². The van der Waals surface area contributed by atoms with E-state index in [4.69, 9.17) is 21.6 Å². The number of nitriles is 1. The Morgan fingerprint density at radius 2 is 2.00 bits per heavy atom. The fraction of sp³-hybridized carbons (Fsp3) is 0.462. The van der Waals surface area contributed by atoms with Crippen molar-refractivity contribution in [3.05, 3.63) is 29.8 Å². The zero-order chi connectivity index (χ0) is 11.8. The minimum atomic E-state index is 0.593. The van der Waals surface area contributed by atoms with Gasteiger partial charge in [0.15, 0.2) is 0 Å². The van der Waals surface area contributed by atoms with Crippen LogP contribution in [-0.4, -0.2) is 12.5 Å². The highest BCUT2D eigenvalue weighted by molar-refractivity contribution is 6.17. The number of ether oxygens (including phenoxy) is 1. The molecular formula is C13H16ClNO. The molecule has 0 aliphatic heterocycles. The second kappa shape index (κ2) is 7.14. The van der Waals surface area contributed by atoms with Crippen LogP contribution in [0, 0.1) is 17.2 Å². The maximum Gasteiger partial charge on any atom is 0.119 e. The summed E-state index contributed by atoms with van der Waals surface area (Å²) in [6, 6.07) is 9.25. The molecule has 1 aromatic rings. The van der Waals surface area contributed by atoms with Crippen LogP contribution < -0.4 is 4.74 Å². The van der Waals surface area contributed by atoms with E-state index in [2.05, 4.69) is 13.0 Å². The molecular weight excluding hydrogens is 222 g/mol. The van der Waals surface area contributed by atoms with E-state index < -0.39 is 0 Å². The van der Waals surface area contributed by atoms with Crippen LogP contribution in [0.15, 0.2) is 24.3 Å². The van der Waals surface area contributed by atoms with Crippen molar-refractivity contribution in [1.29, 1.82) is 5.26 Å². The zero-order valence-corrected chi connectivity index (χ0v) is 10.2. The van der Waals surface area contributed by atoms with Gasteiger partial charge >= 0.3 is 0 Å². The Balaban J connectivity index is 2.29. The molecule has 1 unspecified atom stereocenters. The van der Waals surface area contributed by atoms with Gasteiger partial charge in [0.25, 0.3) is 0 Å². The first kappa shape index (κ1) is 12.9. The number of benzene rings is 1.